The van der Waals surface area contributed by atoms with Crippen LogP contribution in [-0.2, 0) is 6.54 Å². The first-order chi connectivity index (χ1) is 9.47. The number of nitrogens with zero attached hydrogens (tertiary/aromatic N) is 1. The molecule has 2 atom stereocenters. The molecular formula is C16H24F2N2. The van der Waals surface area contributed by atoms with Gasteiger partial charge >= 0.3 is 0 Å². The maximum atomic E-state index is 13.8. The van der Waals surface area contributed by atoms with Crippen LogP contribution in [0.25, 0.3) is 0 Å². The lowest BCUT2D eigenvalue weighted by molar-refractivity contribution is 0.0745. The average molecular weight is 282 g/mol. The average Bonchev–Trinajstić information content (AvgIpc) is 2.42. The van der Waals surface area contributed by atoms with Crippen molar-refractivity contribution in [2.75, 3.05) is 13.1 Å². The quantitative estimate of drug-likeness (QED) is 0.911. The third kappa shape index (κ3) is 3.36. The summed E-state index contributed by atoms with van der Waals surface area (Å²) < 4.78 is 26.8. The number of rotatable bonds is 4. The summed E-state index contributed by atoms with van der Waals surface area (Å²) in [6.45, 7) is 8.86. The van der Waals surface area contributed by atoms with Crippen LogP contribution in [0.5, 0.6) is 0 Å². The Morgan fingerprint density at radius 1 is 1.35 bits per heavy atom. The van der Waals surface area contributed by atoms with Gasteiger partial charge in [0.15, 0.2) is 0 Å². The van der Waals surface area contributed by atoms with Gasteiger partial charge in [-0.15, -0.1) is 0 Å². The van der Waals surface area contributed by atoms with Gasteiger partial charge in [-0.2, -0.15) is 0 Å². The third-order valence-electron chi connectivity index (χ3n) is 4.47. The molecule has 4 heteroatoms. The van der Waals surface area contributed by atoms with Crippen molar-refractivity contribution in [1.29, 1.82) is 0 Å². The van der Waals surface area contributed by atoms with Crippen molar-refractivity contribution < 1.29 is 8.78 Å². The van der Waals surface area contributed by atoms with E-state index in [4.69, 9.17) is 0 Å². The van der Waals surface area contributed by atoms with Gasteiger partial charge in [-0.05, 0) is 25.8 Å². The summed E-state index contributed by atoms with van der Waals surface area (Å²) in [7, 11) is 0. The fourth-order valence-corrected chi connectivity index (χ4v) is 2.82. The minimum absolute atomic E-state index is 0.0716. The summed E-state index contributed by atoms with van der Waals surface area (Å²) in [6.07, 6.45) is 2.06. The fourth-order valence-electron chi connectivity index (χ4n) is 2.82. The number of hydrogen-bond donors (Lipinski definition) is 1. The predicted molar refractivity (Wildman–Crippen MR) is 77.5 cm³/mol. The largest absolute Gasteiger partial charge is 0.309 e. The highest BCUT2D eigenvalue weighted by Gasteiger charge is 2.33. The first kappa shape index (κ1) is 15.4. The van der Waals surface area contributed by atoms with Crippen molar-refractivity contribution >= 4 is 0 Å². The molecule has 0 aliphatic carbocycles. The lowest BCUT2D eigenvalue weighted by Gasteiger charge is -2.46. The van der Waals surface area contributed by atoms with Crippen LogP contribution in [0.1, 0.15) is 39.2 Å². The normalized spacial score (nSPS) is 27.8. The van der Waals surface area contributed by atoms with Crippen LogP contribution in [0.2, 0.25) is 0 Å². The van der Waals surface area contributed by atoms with Crippen molar-refractivity contribution in [3.05, 3.63) is 35.4 Å². The topological polar surface area (TPSA) is 15.3 Å². The maximum Gasteiger partial charge on any atom is 0.130 e. The van der Waals surface area contributed by atoms with E-state index in [1.807, 2.05) is 0 Å². The van der Waals surface area contributed by atoms with E-state index in [1.165, 1.54) is 6.07 Å². The number of benzene rings is 1. The van der Waals surface area contributed by atoms with E-state index in [-0.39, 0.29) is 5.54 Å². The molecule has 1 aromatic carbocycles. The van der Waals surface area contributed by atoms with Crippen molar-refractivity contribution in [2.45, 2.75) is 51.7 Å². The van der Waals surface area contributed by atoms with Crippen molar-refractivity contribution in [1.82, 2.24) is 10.2 Å². The highest BCUT2D eigenvalue weighted by atomic mass is 19.1. The SMILES string of the molecule is CCC1CNC(C)(CC)CN1Cc1ccc(F)cc1F. The van der Waals surface area contributed by atoms with Gasteiger partial charge < -0.3 is 5.32 Å². The molecule has 0 aromatic heterocycles. The molecule has 1 aromatic rings. The zero-order valence-corrected chi connectivity index (χ0v) is 12.5. The maximum absolute atomic E-state index is 13.8. The second-order valence-electron chi connectivity index (χ2n) is 6.00. The molecule has 1 saturated heterocycles. The van der Waals surface area contributed by atoms with Gasteiger partial charge in [0.25, 0.3) is 0 Å². The molecule has 0 spiro atoms. The van der Waals surface area contributed by atoms with Gasteiger partial charge in [0.05, 0.1) is 0 Å². The van der Waals surface area contributed by atoms with Crippen LogP contribution in [0.15, 0.2) is 18.2 Å². The minimum Gasteiger partial charge on any atom is -0.309 e. The monoisotopic (exact) mass is 282 g/mol. The molecule has 1 fully saturated rings. The van der Waals surface area contributed by atoms with E-state index in [0.717, 1.165) is 32.0 Å². The second-order valence-corrected chi connectivity index (χ2v) is 6.00. The van der Waals surface area contributed by atoms with Gasteiger partial charge in [0.1, 0.15) is 11.6 Å². The highest BCUT2D eigenvalue weighted by molar-refractivity contribution is 5.19. The summed E-state index contributed by atoms with van der Waals surface area (Å²) in [4.78, 5) is 2.32. The highest BCUT2D eigenvalue weighted by Crippen LogP contribution is 2.23. The molecular weight excluding hydrogens is 258 g/mol. The number of halogens is 2. The van der Waals surface area contributed by atoms with Crippen LogP contribution >= 0.6 is 0 Å². The Morgan fingerprint density at radius 2 is 2.10 bits per heavy atom. The third-order valence-corrected chi connectivity index (χ3v) is 4.47. The molecule has 0 radical (unpaired) electrons. The van der Waals surface area contributed by atoms with E-state index in [9.17, 15) is 8.78 Å². The summed E-state index contributed by atoms with van der Waals surface area (Å²) in [5, 5.41) is 3.59. The van der Waals surface area contributed by atoms with Gasteiger partial charge in [-0.3, -0.25) is 4.90 Å². The summed E-state index contributed by atoms with van der Waals surface area (Å²) in [5.74, 6) is -0.964. The van der Waals surface area contributed by atoms with Crippen LogP contribution in [-0.4, -0.2) is 29.6 Å². The first-order valence-electron chi connectivity index (χ1n) is 7.40. The molecule has 112 valence electrons. The van der Waals surface area contributed by atoms with Gasteiger partial charge in [-0.25, -0.2) is 8.78 Å². The Balaban J connectivity index is 2.15. The Labute approximate surface area is 120 Å². The van der Waals surface area contributed by atoms with Crippen LogP contribution in [0, 0.1) is 11.6 Å². The van der Waals surface area contributed by atoms with Crippen molar-refractivity contribution in [3.8, 4) is 0 Å². The molecule has 2 unspecified atom stereocenters. The van der Waals surface area contributed by atoms with Crippen LogP contribution in [0.4, 0.5) is 8.78 Å². The Hall–Kier alpha value is -1.00. The van der Waals surface area contributed by atoms with E-state index in [0.29, 0.717) is 18.2 Å². The van der Waals surface area contributed by atoms with Gasteiger partial charge in [0, 0.05) is 42.8 Å². The smallest absolute Gasteiger partial charge is 0.130 e. The second kappa shape index (κ2) is 6.19. The predicted octanol–water partition coefficient (Wildman–Crippen LogP) is 3.32. The molecule has 1 aliphatic heterocycles. The van der Waals surface area contributed by atoms with Crippen LogP contribution in [0.3, 0.4) is 0 Å². The fraction of sp³-hybridized carbons (Fsp3) is 0.625. The standard InChI is InChI=1S/C16H24F2N2/c1-4-14-9-19-16(3,5-2)11-20(14)10-12-6-7-13(17)8-15(12)18/h6-8,14,19H,4-5,9-11H2,1-3H3. The molecule has 20 heavy (non-hydrogen) atoms. The summed E-state index contributed by atoms with van der Waals surface area (Å²) in [5.41, 5.74) is 0.646. The number of hydrogen-bond acceptors (Lipinski definition) is 2. The molecule has 0 amide bonds. The Morgan fingerprint density at radius 3 is 2.70 bits per heavy atom. The molecule has 1 aliphatic rings. The van der Waals surface area contributed by atoms with Crippen LogP contribution < -0.4 is 5.32 Å². The Bertz CT molecular complexity index is 464. The van der Waals surface area contributed by atoms with Gasteiger partial charge in [-0.1, -0.05) is 19.9 Å². The number of nitrogens with one attached hydrogen (secondary N) is 1. The zero-order chi connectivity index (χ0) is 14.8. The van der Waals surface area contributed by atoms with Crippen molar-refractivity contribution in [3.63, 3.8) is 0 Å². The van der Waals surface area contributed by atoms with Gasteiger partial charge in [0.2, 0.25) is 0 Å². The molecule has 2 nitrogen and oxygen atoms in total. The number of piperazine rings is 1. The first-order valence-corrected chi connectivity index (χ1v) is 7.40. The van der Waals surface area contributed by atoms with E-state index in [2.05, 4.69) is 31.0 Å². The van der Waals surface area contributed by atoms with E-state index < -0.39 is 11.6 Å². The minimum atomic E-state index is -0.517. The molecule has 0 bridgehead atoms. The summed E-state index contributed by atoms with van der Waals surface area (Å²) >= 11 is 0. The zero-order valence-electron chi connectivity index (χ0n) is 12.5. The lowest BCUT2D eigenvalue weighted by atomic mass is 9.92. The van der Waals surface area contributed by atoms with Crippen molar-refractivity contribution in [2.24, 2.45) is 0 Å². The Kier molecular flexibility index (Phi) is 4.76. The molecule has 0 saturated carbocycles. The summed E-state index contributed by atoms with van der Waals surface area (Å²) in [6, 6.07) is 4.26. The molecule has 2 rings (SSSR count). The lowest BCUT2D eigenvalue weighted by Crippen LogP contribution is -2.62. The van der Waals surface area contributed by atoms with E-state index in [1.54, 1.807) is 6.07 Å². The van der Waals surface area contributed by atoms with E-state index >= 15 is 0 Å². The molecule has 1 N–H and O–H groups in total. The molecule has 1 heterocycles.